The summed E-state index contributed by atoms with van der Waals surface area (Å²) in [4.78, 5) is 27.7. The molecule has 7 nitrogen and oxygen atoms in total. The highest BCUT2D eigenvalue weighted by atomic mass is 19.1. The number of rotatable bonds is 12. The predicted octanol–water partition coefficient (Wildman–Crippen LogP) is 11.1. The maximum Gasteiger partial charge on any atom is 0.461 e. The Morgan fingerprint density at radius 1 is 0.825 bits per heavy atom. The molecular weight excluding hydrogens is 714 g/mol. The van der Waals surface area contributed by atoms with Gasteiger partial charge in [0, 0.05) is 35.9 Å². The Hall–Kier alpha value is -5.51. The SMILES string of the molecule is CC(C)c1c(C(=O)Nc2ccccc2)c(-c2ccccc2)c(-c2ccc(F)cc2)n1CC[C@@H]1C[C@H](CC(=O)OC(C)(C)C)OB(Cc2ccc3ccccc3c2)O1. The molecule has 1 amide bonds. The second kappa shape index (κ2) is 17.3. The van der Waals surface area contributed by atoms with E-state index in [1.54, 1.807) is 12.1 Å². The Balaban J connectivity index is 1.27. The quantitative estimate of drug-likeness (QED) is 0.0992. The van der Waals surface area contributed by atoms with Crippen LogP contribution in [-0.4, -0.2) is 41.4 Å². The van der Waals surface area contributed by atoms with Gasteiger partial charge in [0.05, 0.1) is 23.8 Å². The van der Waals surface area contributed by atoms with Crippen LogP contribution in [0.15, 0.2) is 127 Å². The lowest BCUT2D eigenvalue weighted by Crippen LogP contribution is -2.44. The summed E-state index contributed by atoms with van der Waals surface area (Å²) < 4.78 is 35.6. The molecule has 0 radical (unpaired) electrons. The third-order valence-electron chi connectivity index (χ3n) is 10.2. The molecule has 0 aliphatic carbocycles. The van der Waals surface area contributed by atoms with Crippen molar-refractivity contribution in [2.24, 2.45) is 0 Å². The van der Waals surface area contributed by atoms with Crippen LogP contribution in [0, 0.1) is 5.82 Å². The fraction of sp³-hybridized carbons (Fsp3) is 0.292. The lowest BCUT2D eigenvalue weighted by molar-refractivity contribution is -0.157. The predicted molar refractivity (Wildman–Crippen MR) is 227 cm³/mol. The number of hydrogen-bond acceptors (Lipinski definition) is 5. The number of anilines is 1. The Morgan fingerprint density at radius 3 is 2.16 bits per heavy atom. The van der Waals surface area contributed by atoms with E-state index in [2.05, 4.69) is 54.1 Å². The van der Waals surface area contributed by atoms with E-state index in [0.717, 1.165) is 44.4 Å². The van der Waals surface area contributed by atoms with Gasteiger partial charge in [-0.3, -0.25) is 9.59 Å². The lowest BCUT2D eigenvalue weighted by atomic mass is 9.77. The van der Waals surface area contributed by atoms with E-state index in [9.17, 15) is 14.0 Å². The van der Waals surface area contributed by atoms with Crippen molar-refractivity contribution >= 4 is 35.5 Å². The molecule has 1 saturated heterocycles. The average Bonchev–Trinajstić information content (AvgIpc) is 3.53. The highest BCUT2D eigenvalue weighted by Gasteiger charge is 2.37. The molecule has 292 valence electrons. The second-order valence-electron chi connectivity index (χ2n) is 16.1. The summed E-state index contributed by atoms with van der Waals surface area (Å²) in [5, 5.41) is 5.44. The molecule has 7 rings (SSSR count). The fourth-order valence-corrected chi connectivity index (χ4v) is 7.89. The number of esters is 1. The van der Waals surface area contributed by atoms with Crippen LogP contribution in [0.3, 0.4) is 0 Å². The van der Waals surface area contributed by atoms with Gasteiger partial charge in [-0.25, -0.2) is 4.39 Å². The van der Waals surface area contributed by atoms with Gasteiger partial charge in [-0.05, 0) is 103 Å². The average molecular weight is 765 g/mol. The minimum atomic E-state index is -0.620. The molecule has 1 N–H and O–H groups in total. The number of amides is 1. The third kappa shape index (κ3) is 9.73. The molecule has 1 aromatic heterocycles. The van der Waals surface area contributed by atoms with Gasteiger partial charge < -0.3 is 23.9 Å². The van der Waals surface area contributed by atoms with Gasteiger partial charge >= 0.3 is 13.1 Å². The Bertz CT molecular complexity index is 2320. The molecule has 6 aromatic rings. The van der Waals surface area contributed by atoms with Crippen molar-refractivity contribution in [2.45, 2.75) is 90.5 Å². The molecule has 0 unspecified atom stereocenters. The van der Waals surface area contributed by atoms with Crippen LogP contribution < -0.4 is 5.32 Å². The smallest absolute Gasteiger partial charge is 0.460 e. The molecule has 2 atom stereocenters. The number of para-hydroxylation sites is 1. The number of aromatic nitrogens is 1. The van der Waals surface area contributed by atoms with Crippen LogP contribution in [0.1, 0.15) is 81.4 Å². The molecule has 1 aliphatic rings. The molecule has 5 aromatic carbocycles. The van der Waals surface area contributed by atoms with Gasteiger partial charge in [0.15, 0.2) is 0 Å². The van der Waals surface area contributed by atoms with Crippen LogP contribution in [0.25, 0.3) is 33.2 Å². The topological polar surface area (TPSA) is 78.8 Å². The highest BCUT2D eigenvalue weighted by molar-refractivity contribution is 6.44. The molecule has 1 fully saturated rings. The van der Waals surface area contributed by atoms with E-state index in [1.165, 1.54) is 12.1 Å². The Morgan fingerprint density at radius 2 is 1.47 bits per heavy atom. The monoisotopic (exact) mass is 764 g/mol. The van der Waals surface area contributed by atoms with Crippen molar-refractivity contribution in [3.63, 3.8) is 0 Å². The molecule has 57 heavy (non-hydrogen) atoms. The van der Waals surface area contributed by atoms with Crippen LogP contribution >= 0.6 is 0 Å². The van der Waals surface area contributed by atoms with E-state index < -0.39 is 18.8 Å². The summed E-state index contributed by atoms with van der Waals surface area (Å²) in [7, 11) is -0.588. The Kier molecular flexibility index (Phi) is 12.1. The van der Waals surface area contributed by atoms with E-state index in [0.29, 0.717) is 37.0 Å². The zero-order valence-electron chi connectivity index (χ0n) is 33.3. The molecule has 9 heteroatoms. The number of carbonyl (C=O) groups is 2. The largest absolute Gasteiger partial charge is 0.461 e. The van der Waals surface area contributed by atoms with Gasteiger partial charge in [0.25, 0.3) is 5.91 Å². The summed E-state index contributed by atoms with van der Waals surface area (Å²) in [6.07, 6.45) is 0.984. The maximum absolute atomic E-state index is 14.6. The number of carbonyl (C=O) groups excluding carboxylic acids is 2. The number of benzene rings is 5. The summed E-state index contributed by atoms with van der Waals surface area (Å²) in [5.41, 5.74) is 5.87. The number of fused-ring (bicyclic) bond motifs is 1. The van der Waals surface area contributed by atoms with Crippen molar-refractivity contribution in [2.75, 3.05) is 5.32 Å². The van der Waals surface area contributed by atoms with Crippen molar-refractivity contribution in [3.8, 4) is 22.4 Å². The number of hydrogen-bond donors (Lipinski definition) is 1. The maximum atomic E-state index is 14.6. The number of ether oxygens (including phenoxy) is 1. The summed E-state index contributed by atoms with van der Waals surface area (Å²) >= 11 is 0. The standard InChI is InChI=1S/C48H50BFN2O5/c1-32(2)45-44(47(54)51-39-18-10-7-11-19-39)43(35-15-8-6-9-16-35)46(36-22-24-38(50)25-23-36)52(45)27-26-40-29-41(30-42(53)55-48(3,4)5)57-49(56-40)31-33-20-21-34-14-12-13-17-37(34)28-33/h6-25,28,32,40-41H,26-27,29-31H2,1-5H3,(H,51,54)/t40-,41-/m1/s1. The first-order valence-electron chi connectivity index (χ1n) is 19.9. The summed E-state index contributed by atoms with van der Waals surface area (Å²) in [6, 6.07) is 40.4. The van der Waals surface area contributed by atoms with E-state index in [1.807, 2.05) is 93.6 Å². The molecule has 1 aliphatic heterocycles. The minimum absolute atomic E-state index is 0.0608. The normalized spacial score (nSPS) is 15.9. The number of nitrogens with zero attached hydrogens (tertiary/aromatic N) is 1. The molecule has 2 heterocycles. The number of halogens is 1. The van der Waals surface area contributed by atoms with Gasteiger partial charge in [0.1, 0.15) is 11.4 Å². The van der Waals surface area contributed by atoms with Gasteiger partial charge in [-0.2, -0.15) is 0 Å². The first-order chi connectivity index (χ1) is 27.4. The first kappa shape index (κ1) is 39.7. The minimum Gasteiger partial charge on any atom is -0.460 e. The van der Waals surface area contributed by atoms with Gasteiger partial charge in [0.2, 0.25) is 0 Å². The first-order valence-corrected chi connectivity index (χ1v) is 19.9. The van der Waals surface area contributed by atoms with Crippen molar-refractivity contribution < 1.29 is 28.0 Å². The van der Waals surface area contributed by atoms with E-state index >= 15 is 0 Å². The summed E-state index contributed by atoms with van der Waals surface area (Å²) in [5.74, 6) is -0.936. The molecule has 0 saturated carbocycles. The molecular formula is C48H50BFN2O5. The van der Waals surface area contributed by atoms with Crippen molar-refractivity contribution in [3.05, 3.63) is 150 Å². The molecule has 0 bridgehead atoms. The van der Waals surface area contributed by atoms with Crippen LogP contribution in [0.2, 0.25) is 0 Å². The van der Waals surface area contributed by atoms with Crippen molar-refractivity contribution in [1.82, 2.24) is 4.57 Å². The molecule has 0 spiro atoms. The second-order valence-corrected chi connectivity index (χ2v) is 16.1. The third-order valence-corrected chi connectivity index (χ3v) is 10.2. The van der Waals surface area contributed by atoms with E-state index in [4.69, 9.17) is 14.0 Å². The zero-order chi connectivity index (χ0) is 40.1. The fourth-order valence-electron chi connectivity index (χ4n) is 7.89. The van der Waals surface area contributed by atoms with Crippen LogP contribution in [0.4, 0.5) is 10.1 Å². The van der Waals surface area contributed by atoms with Crippen LogP contribution in [0.5, 0.6) is 0 Å². The van der Waals surface area contributed by atoms with Gasteiger partial charge in [-0.1, -0.05) is 105 Å². The van der Waals surface area contributed by atoms with E-state index in [-0.39, 0.29) is 36.1 Å². The zero-order valence-corrected chi connectivity index (χ0v) is 33.3. The Labute approximate surface area is 335 Å². The highest BCUT2D eigenvalue weighted by Crippen LogP contribution is 2.43. The summed E-state index contributed by atoms with van der Waals surface area (Å²) in [6.45, 7) is 10.3. The van der Waals surface area contributed by atoms with Crippen LogP contribution in [-0.2, 0) is 31.7 Å². The van der Waals surface area contributed by atoms with Crippen molar-refractivity contribution in [1.29, 1.82) is 0 Å². The number of nitrogens with one attached hydrogen (secondary N) is 1. The lowest BCUT2D eigenvalue weighted by Gasteiger charge is -2.35. The van der Waals surface area contributed by atoms with Gasteiger partial charge in [-0.15, -0.1) is 0 Å².